The van der Waals surface area contributed by atoms with Gasteiger partial charge in [0.15, 0.2) is 0 Å². The summed E-state index contributed by atoms with van der Waals surface area (Å²) < 4.78 is 5.84. The van der Waals surface area contributed by atoms with Crippen LogP contribution in [0.1, 0.15) is 13.3 Å². The Balaban J connectivity index is 1.42. The van der Waals surface area contributed by atoms with E-state index in [4.69, 9.17) is 10.5 Å². The fourth-order valence-electron chi connectivity index (χ4n) is 4.33. The Labute approximate surface area is 208 Å². The molecular weight excluding hydrogens is 446 g/mol. The van der Waals surface area contributed by atoms with E-state index < -0.39 is 0 Å². The van der Waals surface area contributed by atoms with Crippen molar-refractivity contribution in [1.29, 1.82) is 0 Å². The van der Waals surface area contributed by atoms with E-state index in [1.807, 2.05) is 49.8 Å². The highest BCUT2D eigenvalue weighted by Gasteiger charge is 2.10. The molecule has 1 atom stereocenters. The molecule has 0 amide bonds. The SMILES string of the molecule is CC[C@@H](N)COc1cncc(-c2cc3c(cn2)cnc2ccc(-c4cnc5ccccc5c4)cc23)c1. The average molecular weight is 472 g/mol. The van der Waals surface area contributed by atoms with Crippen molar-refractivity contribution in [2.75, 3.05) is 6.61 Å². The first-order chi connectivity index (χ1) is 17.7. The molecule has 0 unspecified atom stereocenters. The van der Waals surface area contributed by atoms with Gasteiger partial charge in [-0.2, -0.15) is 0 Å². The van der Waals surface area contributed by atoms with E-state index in [0.717, 1.165) is 61.4 Å². The largest absolute Gasteiger partial charge is 0.490 e. The number of hydrogen-bond donors (Lipinski definition) is 1. The van der Waals surface area contributed by atoms with Gasteiger partial charge in [-0.05, 0) is 53.8 Å². The lowest BCUT2D eigenvalue weighted by molar-refractivity contribution is 0.284. The summed E-state index contributed by atoms with van der Waals surface area (Å²) in [4.78, 5) is 18.3. The summed E-state index contributed by atoms with van der Waals surface area (Å²) in [6.07, 6.45) is 10.0. The molecule has 36 heavy (non-hydrogen) atoms. The first-order valence-corrected chi connectivity index (χ1v) is 12.1. The number of nitrogens with two attached hydrogens (primary N) is 1. The molecule has 0 radical (unpaired) electrons. The highest BCUT2D eigenvalue weighted by molar-refractivity contribution is 6.07. The second kappa shape index (κ2) is 9.32. The highest BCUT2D eigenvalue weighted by atomic mass is 16.5. The molecule has 6 nitrogen and oxygen atoms in total. The number of pyridine rings is 4. The third-order valence-electron chi connectivity index (χ3n) is 6.49. The van der Waals surface area contributed by atoms with Crippen LogP contribution in [0.25, 0.3) is 55.0 Å². The first kappa shape index (κ1) is 22.1. The van der Waals surface area contributed by atoms with Crippen LogP contribution in [0.4, 0.5) is 0 Å². The third-order valence-corrected chi connectivity index (χ3v) is 6.49. The zero-order valence-electron chi connectivity index (χ0n) is 19.9. The molecular formula is C30H25N5O. The van der Waals surface area contributed by atoms with Gasteiger partial charge < -0.3 is 10.5 Å². The zero-order valence-corrected chi connectivity index (χ0v) is 19.9. The number of para-hydroxylation sites is 1. The molecule has 176 valence electrons. The van der Waals surface area contributed by atoms with Gasteiger partial charge in [0.05, 0.1) is 22.9 Å². The Morgan fingerprint density at radius 3 is 2.50 bits per heavy atom. The minimum absolute atomic E-state index is 0.00156. The van der Waals surface area contributed by atoms with Crippen molar-refractivity contribution in [3.05, 3.63) is 91.6 Å². The Kier molecular flexibility index (Phi) is 5.71. The van der Waals surface area contributed by atoms with Gasteiger partial charge in [-0.25, -0.2) is 0 Å². The molecule has 0 saturated heterocycles. The van der Waals surface area contributed by atoms with Crippen LogP contribution in [-0.4, -0.2) is 32.6 Å². The van der Waals surface area contributed by atoms with Gasteiger partial charge in [-0.1, -0.05) is 31.2 Å². The van der Waals surface area contributed by atoms with E-state index in [-0.39, 0.29) is 6.04 Å². The van der Waals surface area contributed by atoms with Crippen LogP contribution >= 0.6 is 0 Å². The molecule has 0 spiro atoms. The third kappa shape index (κ3) is 4.23. The van der Waals surface area contributed by atoms with Crippen LogP contribution in [-0.2, 0) is 0 Å². The molecule has 6 rings (SSSR count). The summed E-state index contributed by atoms with van der Waals surface area (Å²) in [5.74, 6) is 0.684. The molecule has 0 bridgehead atoms. The first-order valence-electron chi connectivity index (χ1n) is 12.1. The van der Waals surface area contributed by atoms with Crippen molar-refractivity contribution in [3.8, 4) is 28.1 Å². The monoisotopic (exact) mass is 471 g/mol. The summed E-state index contributed by atoms with van der Waals surface area (Å²) in [7, 11) is 0. The number of nitrogens with zero attached hydrogens (tertiary/aromatic N) is 4. The predicted molar refractivity (Wildman–Crippen MR) is 145 cm³/mol. The number of hydrogen-bond acceptors (Lipinski definition) is 6. The summed E-state index contributed by atoms with van der Waals surface area (Å²) in [5, 5.41) is 4.25. The van der Waals surface area contributed by atoms with Crippen molar-refractivity contribution in [2.45, 2.75) is 19.4 Å². The quantitative estimate of drug-likeness (QED) is 0.292. The standard InChI is InChI=1S/C30H25N5O/c1-2-24(31)18-36-25-10-22(13-32-17-25)30-12-26-23(16-35-30)15-34-29-8-7-19(11-27(26)29)21-9-20-5-3-4-6-28(20)33-14-21/h3-17,24H,2,18,31H2,1H3/t24-/m1/s1. The van der Waals surface area contributed by atoms with E-state index in [0.29, 0.717) is 12.4 Å². The van der Waals surface area contributed by atoms with Gasteiger partial charge in [0.1, 0.15) is 12.4 Å². The molecule has 6 aromatic rings. The number of ether oxygens (including phenoxy) is 1. The molecule has 0 saturated carbocycles. The molecule has 0 aliphatic heterocycles. The number of rotatable bonds is 6. The van der Waals surface area contributed by atoms with E-state index in [1.54, 1.807) is 12.4 Å². The maximum Gasteiger partial charge on any atom is 0.138 e. The van der Waals surface area contributed by atoms with E-state index in [1.165, 1.54) is 0 Å². The van der Waals surface area contributed by atoms with Crippen LogP contribution in [0, 0.1) is 0 Å². The molecule has 6 heteroatoms. The maximum absolute atomic E-state index is 6.00. The Bertz CT molecular complexity index is 1720. The molecule has 0 fully saturated rings. The van der Waals surface area contributed by atoms with Crippen LogP contribution in [0.3, 0.4) is 0 Å². The molecule has 0 aliphatic rings. The number of fused-ring (bicyclic) bond motifs is 4. The number of benzene rings is 2. The molecule has 2 aromatic carbocycles. The average Bonchev–Trinajstić information content (AvgIpc) is 2.95. The second-order valence-corrected chi connectivity index (χ2v) is 8.95. The Morgan fingerprint density at radius 2 is 1.58 bits per heavy atom. The smallest absolute Gasteiger partial charge is 0.138 e. The number of aromatic nitrogens is 4. The summed E-state index contributed by atoms with van der Waals surface area (Å²) in [6.45, 7) is 2.50. The lowest BCUT2D eigenvalue weighted by Crippen LogP contribution is -2.26. The van der Waals surface area contributed by atoms with E-state index in [9.17, 15) is 0 Å². The maximum atomic E-state index is 6.00. The van der Waals surface area contributed by atoms with Gasteiger partial charge in [0, 0.05) is 58.1 Å². The minimum atomic E-state index is -0.00156. The van der Waals surface area contributed by atoms with Crippen LogP contribution in [0.15, 0.2) is 91.6 Å². The van der Waals surface area contributed by atoms with Crippen LogP contribution in [0.5, 0.6) is 5.75 Å². The van der Waals surface area contributed by atoms with Crippen molar-refractivity contribution in [1.82, 2.24) is 19.9 Å². The summed E-state index contributed by atoms with van der Waals surface area (Å²) in [6, 6.07) is 20.7. The minimum Gasteiger partial charge on any atom is -0.490 e. The molecule has 4 heterocycles. The normalized spacial score (nSPS) is 12.3. The van der Waals surface area contributed by atoms with Crippen molar-refractivity contribution >= 4 is 32.6 Å². The fourth-order valence-corrected chi connectivity index (χ4v) is 4.33. The molecule has 0 aliphatic carbocycles. The molecule has 4 aromatic heterocycles. The van der Waals surface area contributed by atoms with Gasteiger partial charge >= 0.3 is 0 Å². The topological polar surface area (TPSA) is 86.8 Å². The van der Waals surface area contributed by atoms with Gasteiger partial charge in [0.2, 0.25) is 0 Å². The predicted octanol–water partition coefficient (Wildman–Crippen LogP) is 6.18. The summed E-state index contributed by atoms with van der Waals surface area (Å²) in [5.41, 5.74) is 11.8. The van der Waals surface area contributed by atoms with Crippen LogP contribution < -0.4 is 10.5 Å². The fraction of sp³-hybridized carbons (Fsp3) is 0.133. The van der Waals surface area contributed by atoms with Gasteiger partial charge in [0.25, 0.3) is 0 Å². The van der Waals surface area contributed by atoms with Crippen LogP contribution in [0.2, 0.25) is 0 Å². The lowest BCUT2D eigenvalue weighted by Gasteiger charge is -2.12. The van der Waals surface area contributed by atoms with Gasteiger partial charge in [-0.3, -0.25) is 19.9 Å². The second-order valence-electron chi connectivity index (χ2n) is 8.95. The highest BCUT2D eigenvalue weighted by Crippen LogP contribution is 2.32. The van der Waals surface area contributed by atoms with E-state index in [2.05, 4.69) is 56.3 Å². The van der Waals surface area contributed by atoms with Crippen molar-refractivity contribution in [3.63, 3.8) is 0 Å². The zero-order chi connectivity index (χ0) is 24.5. The lowest BCUT2D eigenvalue weighted by atomic mass is 10.00. The van der Waals surface area contributed by atoms with Crippen molar-refractivity contribution < 1.29 is 4.74 Å². The Hall–Kier alpha value is -4.42. The molecule has 2 N–H and O–H groups in total. The van der Waals surface area contributed by atoms with E-state index >= 15 is 0 Å². The summed E-state index contributed by atoms with van der Waals surface area (Å²) >= 11 is 0. The van der Waals surface area contributed by atoms with Crippen molar-refractivity contribution in [2.24, 2.45) is 5.73 Å². The van der Waals surface area contributed by atoms with Gasteiger partial charge in [-0.15, -0.1) is 0 Å². The Morgan fingerprint density at radius 1 is 0.722 bits per heavy atom.